The fraction of sp³-hybridized carbons (Fsp3) is 0.105. The molecule has 4 rings (SSSR count). The second-order valence-corrected chi connectivity index (χ2v) is 5.78. The second kappa shape index (κ2) is 5.90. The molecule has 0 spiro atoms. The molecule has 2 aromatic carbocycles. The van der Waals surface area contributed by atoms with E-state index in [9.17, 15) is 9.59 Å². The summed E-state index contributed by atoms with van der Waals surface area (Å²) in [6.45, 7) is 1.73. The molecule has 0 aliphatic carbocycles. The highest BCUT2D eigenvalue weighted by atomic mass is 16.5. The van der Waals surface area contributed by atoms with E-state index in [1.165, 1.54) is 0 Å². The van der Waals surface area contributed by atoms with Gasteiger partial charge in [-0.25, -0.2) is 9.78 Å². The third kappa shape index (κ3) is 2.67. The molecule has 4 aromatic rings. The number of aromatic nitrogens is 3. The van der Waals surface area contributed by atoms with Gasteiger partial charge in [-0.2, -0.15) is 0 Å². The van der Waals surface area contributed by atoms with Crippen LogP contribution >= 0.6 is 0 Å². The quantitative estimate of drug-likeness (QED) is 0.564. The van der Waals surface area contributed by atoms with Crippen molar-refractivity contribution in [3.63, 3.8) is 0 Å². The van der Waals surface area contributed by atoms with Gasteiger partial charge in [0.1, 0.15) is 12.4 Å². The molecule has 6 nitrogen and oxygen atoms in total. The van der Waals surface area contributed by atoms with E-state index in [0.29, 0.717) is 22.3 Å². The van der Waals surface area contributed by atoms with Crippen molar-refractivity contribution in [3.8, 4) is 0 Å². The van der Waals surface area contributed by atoms with Gasteiger partial charge in [0.2, 0.25) is 0 Å². The average Bonchev–Trinajstić information content (AvgIpc) is 2.95. The molecule has 0 aliphatic heterocycles. The zero-order valence-electron chi connectivity index (χ0n) is 13.5. The van der Waals surface area contributed by atoms with E-state index >= 15 is 0 Å². The summed E-state index contributed by atoms with van der Waals surface area (Å²) in [5.74, 6) is -0.139. The molecule has 2 heterocycles. The van der Waals surface area contributed by atoms with Crippen LogP contribution in [0.15, 0.2) is 53.3 Å². The molecule has 0 unspecified atom stereocenters. The van der Waals surface area contributed by atoms with Crippen LogP contribution in [0.2, 0.25) is 0 Å². The monoisotopic (exact) mass is 333 g/mol. The summed E-state index contributed by atoms with van der Waals surface area (Å²) in [5, 5.41) is 1.31. The molecule has 124 valence electrons. The van der Waals surface area contributed by atoms with Gasteiger partial charge in [0, 0.05) is 16.6 Å². The van der Waals surface area contributed by atoms with E-state index in [1.54, 1.807) is 24.3 Å². The van der Waals surface area contributed by atoms with Crippen molar-refractivity contribution in [2.45, 2.75) is 13.5 Å². The van der Waals surface area contributed by atoms with Gasteiger partial charge in [0.25, 0.3) is 5.56 Å². The highest BCUT2D eigenvalue weighted by Crippen LogP contribution is 2.22. The number of aryl methyl sites for hydroxylation is 1. The number of esters is 1. The van der Waals surface area contributed by atoms with E-state index in [2.05, 4.69) is 15.0 Å². The summed E-state index contributed by atoms with van der Waals surface area (Å²) in [6.07, 6.45) is 0. The van der Waals surface area contributed by atoms with E-state index < -0.39 is 5.97 Å². The molecule has 0 radical (unpaired) electrons. The van der Waals surface area contributed by atoms with Crippen LogP contribution in [-0.4, -0.2) is 20.9 Å². The Balaban J connectivity index is 1.62. The summed E-state index contributed by atoms with van der Waals surface area (Å²) < 4.78 is 5.37. The topological polar surface area (TPSA) is 87.8 Å². The van der Waals surface area contributed by atoms with E-state index in [-0.39, 0.29) is 12.2 Å². The molecular weight excluding hydrogens is 318 g/mol. The zero-order valence-corrected chi connectivity index (χ0v) is 13.5. The Hall–Kier alpha value is -3.41. The standard InChI is InChI=1S/C19H15N3O3/c1-11-17(12-6-2-4-8-14(12)20-11)19(24)25-10-16-21-15-9-5-3-7-13(15)18(23)22-16/h2-9,20H,10H2,1H3,(H,21,22,23). The fourth-order valence-electron chi connectivity index (χ4n) is 2.95. The molecule has 0 fully saturated rings. The number of rotatable bonds is 3. The lowest BCUT2D eigenvalue weighted by atomic mass is 10.1. The predicted molar refractivity (Wildman–Crippen MR) is 94.5 cm³/mol. The molecule has 25 heavy (non-hydrogen) atoms. The summed E-state index contributed by atoms with van der Waals surface area (Å²) >= 11 is 0. The Morgan fingerprint density at radius 2 is 1.76 bits per heavy atom. The average molecular weight is 333 g/mol. The van der Waals surface area contributed by atoms with Gasteiger partial charge in [-0.1, -0.05) is 30.3 Å². The third-order valence-electron chi connectivity index (χ3n) is 4.10. The summed E-state index contributed by atoms with van der Waals surface area (Å²) in [5.41, 5.74) is 2.44. The molecule has 0 saturated heterocycles. The summed E-state index contributed by atoms with van der Waals surface area (Å²) in [4.78, 5) is 34.7. The van der Waals surface area contributed by atoms with Gasteiger partial charge in [-0.3, -0.25) is 4.79 Å². The highest BCUT2D eigenvalue weighted by molar-refractivity contribution is 6.05. The minimum absolute atomic E-state index is 0.0994. The number of nitrogens with zero attached hydrogens (tertiary/aromatic N) is 1. The van der Waals surface area contributed by atoms with E-state index in [0.717, 1.165) is 16.6 Å². The van der Waals surface area contributed by atoms with Crippen LogP contribution < -0.4 is 5.56 Å². The van der Waals surface area contributed by atoms with Gasteiger partial charge in [-0.05, 0) is 25.1 Å². The predicted octanol–water partition coefficient (Wildman–Crippen LogP) is 3.07. The SMILES string of the molecule is Cc1[nH]c2ccccc2c1C(=O)OCc1nc2ccccc2c(=O)[nH]1. The number of H-pyrrole nitrogens is 2. The molecule has 0 saturated carbocycles. The van der Waals surface area contributed by atoms with Crippen LogP contribution in [0.25, 0.3) is 21.8 Å². The summed E-state index contributed by atoms with van der Waals surface area (Å²) in [6, 6.07) is 14.6. The van der Waals surface area contributed by atoms with Crippen molar-refractivity contribution in [2.24, 2.45) is 0 Å². The zero-order chi connectivity index (χ0) is 17.4. The minimum Gasteiger partial charge on any atom is -0.454 e. The Morgan fingerprint density at radius 3 is 2.60 bits per heavy atom. The number of nitrogens with one attached hydrogen (secondary N) is 2. The molecular formula is C19H15N3O3. The fourth-order valence-corrected chi connectivity index (χ4v) is 2.95. The Labute approximate surface area is 142 Å². The molecule has 0 atom stereocenters. The number of hydrogen-bond donors (Lipinski definition) is 2. The van der Waals surface area contributed by atoms with Gasteiger partial charge in [0.15, 0.2) is 0 Å². The van der Waals surface area contributed by atoms with Crippen LogP contribution in [0.1, 0.15) is 21.9 Å². The van der Waals surface area contributed by atoms with Crippen molar-refractivity contribution >= 4 is 27.8 Å². The maximum atomic E-state index is 12.5. The third-order valence-corrected chi connectivity index (χ3v) is 4.10. The Morgan fingerprint density at radius 1 is 1.04 bits per heavy atom. The smallest absolute Gasteiger partial charge is 0.341 e. The van der Waals surface area contributed by atoms with Crippen LogP contribution in [-0.2, 0) is 11.3 Å². The first-order valence-corrected chi connectivity index (χ1v) is 7.86. The van der Waals surface area contributed by atoms with Crippen molar-refractivity contribution in [1.82, 2.24) is 15.0 Å². The highest BCUT2D eigenvalue weighted by Gasteiger charge is 2.17. The van der Waals surface area contributed by atoms with Crippen LogP contribution in [0, 0.1) is 6.92 Å². The first-order valence-electron chi connectivity index (χ1n) is 7.86. The maximum absolute atomic E-state index is 12.5. The van der Waals surface area contributed by atoms with Crippen LogP contribution in [0.4, 0.5) is 0 Å². The normalized spacial score (nSPS) is 11.1. The minimum atomic E-state index is -0.453. The number of ether oxygens (including phenoxy) is 1. The number of para-hydroxylation sites is 2. The molecule has 0 bridgehead atoms. The Kier molecular flexibility index (Phi) is 3.57. The molecule has 6 heteroatoms. The molecule has 0 amide bonds. The largest absolute Gasteiger partial charge is 0.454 e. The number of carbonyl (C=O) groups is 1. The lowest BCUT2D eigenvalue weighted by Crippen LogP contribution is -2.14. The van der Waals surface area contributed by atoms with Crippen molar-refractivity contribution in [3.05, 3.63) is 76.0 Å². The number of aromatic amines is 2. The van der Waals surface area contributed by atoms with Crippen molar-refractivity contribution in [2.75, 3.05) is 0 Å². The summed E-state index contributed by atoms with van der Waals surface area (Å²) in [7, 11) is 0. The second-order valence-electron chi connectivity index (χ2n) is 5.78. The van der Waals surface area contributed by atoms with E-state index in [4.69, 9.17) is 4.74 Å². The molecule has 2 N–H and O–H groups in total. The van der Waals surface area contributed by atoms with Gasteiger partial charge in [-0.15, -0.1) is 0 Å². The first-order chi connectivity index (χ1) is 12.1. The van der Waals surface area contributed by atoms with Crippen molar-refractivity contribution < 1.29 is 9.53 Å². The lowest BCUT2D eigenvalue weighted by molar-refractivity contribution is 0.0464. The lowest BCUT2D eigenvalue weighted by Gasteiger charge is -2.06. The molecule has 2 aromatic heterocycles. The van der Waals surface area contributed by atoms with E-state index in [1.807, 2.05) is 31.2 Å². The number of fused-ring (bicyclic) bond motifs is 2. The van der Waals surface area contributed by atoms with Crippen LogP contribution in [0.3, 0.4) is 0 Å². The number of carbonyl (C=O) groups excluding carboxylic acids is 1. The Bertz CT molecular complexity index is 1160. The first kappa shape index (κ1) is 15.1. The van der Waals surface area contributed by atoms with Gasteiger partial charge >= 0.3 is 5.97 Å². The van der Waals surface area contributed by atoms with Crippen molar-refractivity contribution in [1.29, 1.82) is 0 Å². The van der Waals surface area contributed by atoms with Gasteiger partial charge in [0.05, 0.1) is 16.5 Å². The van der Waals surface area contributed by atoms with Gasteiger partial charge < -0.3 is 14.7 Å². The van der Waals surface area contributed by atoms with Crippen LogP contribution in [0.5, 0.6) is 0 Å². The molecule has 0 aliphatic rings. The number of hydrogen-bond acceptors (Lipinski definition) is 4. The number of benzene rings is 2. The maximum Gasteiger partial charge on any atom is 0.341 e.